The molecular formula is C12H17NO2. The van der Waals surface area contributed by atoms with E-state index in [2.05, 4.69) is 6.58 Å². The van der Waals surface area contributed by atoms with Crippen molar-refractivity contribution in [3.05, 3.63) is 38.7 Å². The van der Waals surface area contributed by atoms with Gasteiger partial charge < -0.3 is 4.90 Å². The Morgan fingerprint density at radius 3 is 2.20 bits per heavy atom. The Hall–Kier alpha value is -1.38. The van der Waals surface area contributed by atoms with Crippen molar-refractivity contribution in [2.75, 3.05) is 18.0 Å². The molecule has 0 heterocycles. The zero-order valence-corrected chi connectivity index (χ0v) is 9.54. The van der Waals surface area contributed by atoms with E-state index in [0.29, 0.717) is 11.3 Å². The summed E-state index contributed by atoms with van der Waals surface area (Å²) in [5.74, 6) is -0.0363. The number of hydrogen-bond donors (Lipinski definition) is 0. The summed E-state index contributed by atoms with van der Waals surface area (Å²) in [5, 5.41) is 0. The van der Waals surface area contributed by atoms with E-state index in [9.17, 15) is 9.59 Å². The second-order valence-electron chi connectivity index (χ2n) is 3.62. The lowest BCUT2D eigenvalue weighted by molar-refractivity contribution is 0.820. The fraction of sp³-hybridized carbons (Fsp3) is 0.500. The van der Waals surface area contributed by atoms with Gasteiger partial charge in [-0.2, -0.15) is 0 Å². The Morgan fingerprint density at radius 1 is 1.27 bits per heavy atom. The second kappa shape index (κ2) is 4.43. The summed E-state index contributed by atoms with van der Waals surface area (Å²) < 4.78 is 0. The van der Waals surface area contributed by atoms with Crippen LogP contribution in [0.25, 0.3) is 0 Å². The van der Waals surface area contributed by atoms with Gasteiger partial charge in [0.25, 0.3) is 0 Å². The van der Waals surface area contributed by atoms with Crippen molar-refractivity contribution in [2.45, 2.75) is 26.7 Å². The summed E-state index contributed by atoms with van der Waals surface area (Å²) in [6, 6.07) is 0. The molecule has 0 N–H and O–H groups in total. The number of anilines is 1. The minimum Gasteiger partial charge on any atom is -0.368 e. The fourth-order valence-electron chi connectivity index (χ4n) is 1.79. The molecule has 0 saturated carbocycles. The molecule has 0 fully saturated rings. The van der Waals surface area contributed by atoms with Gasteiger partial charge in [0.2, 0.25) is 10.9 Å². The summed E-state index contributed by atoms with van der Waals surface area (Å²) in [6.45, 7) is 11.0. The monoisotopic (exact) mass is 207 g/mol. The molecule has 15 heavy (non-hydrogen) atoms. The largest absolute Gasteiger partial charge is 0.368 e. The second-order valence-corrected chi connectivity index (χ2v) is 3.62. The Labute approximate surface area is 89.7 Å². The molecule has 82 valence electrons. The van der Waals surface area contributed by atoms with Gasteiger partial charge >= 0.3 is 0 Å². The van der Waals surface area contributed by atoms with Gasteiger partial charge in [0, 0.05) is 24.6 Å². The Balaban J connectivity index is 3.19. The van der Waals surface area contributed by atoms with Gasteiger partial charge in [0.15, 0.2) is 0 Å². The predicted octanol–water partition coefficient (Wildman–Crippen LogP) is 1.42. The molecule has 0 amide bonds. The third kappa shape index (κ3) is 1.74. The zero-order chi connectivity index (χ0) is 11.6. The predicted molar refractivity (Wildman–Crippen MR) is 63.5 cm³/mol. The maximum absolute atomic E-state index is 11.5. The van der Waals surface area contributed by atoms with Gasteiger partial charge in [-0.15, -0.1) is 6.58 Å². The van der Waals surface area contributed by atoms with Gasteiger partial charge in [0.05, 0.1) is 5.69 Å². The summed E-state index contributed by atoms with van der Waals surface area (Å²) >= 11 is 0. The molecule has 0 saturated heterocycles. The van der Waals surface area contributed by atoms with Crippen LogP contribution < -0.4 is 15.8 Å². The lowest BCUT2D eigenvalue weighted by atomic mass is 9.93. The minimum atomic E-state index is -0.345. The van der Waals surface area contributed by atoms with Gasteiger partial charge in [-0.25, -0.2) is 0 Å². The first-order chi connectivity index (χ1) is 7.08. The summed E-state index contributed by atoms with van der Waals surface area (Å²) in [6.07, 6.45) is 1.70. The number of hydrogen-bond acceptors (Lipinski definition) is 3. The van der Waals surface area contributed by atoms with Crippen LogP contribution in [0, 0.1) is 0 Å². The molecule has 0 aliphatic carbocycles. The Morgan fingerprint density at radius 2 is 1.80 bits per heavy atom. The molecular weight excluding hydrogens is 190 g/mol. The van der Waals surface area contributed by atoms with Crippen molar-refractivity contribution < 1.29 is 0 Å². The number of allylic oxidation sites excluding steroid dienone is 1. The highest BCUT2D eigenvalue weighted by molar-refractivity contribution is 5.60. The molecule has 1 unspecified atom stereocenters. The van der Waals surface area contributed by atoms with Crippen LogP contribution in [-0.2, 0) is 0 Å². The molecule has 1 atom stereocenters. The molecule has 1 rings (SSSR count). The highest BCUT2D eigenvalue weighted by Gasteiger charge is 2.26. The number of rotatable bonds is 5. The molecule has 1 aromatic rings. The van der Waals surface area contributed by atoms with Crippen LogP contribution in [0.3, 0.4) is 0 Å². The highest BCUT2D eigenvalue weighted by atomic mass is 16.2. The molecule has 3 nitrogen and oxygen atoms in total. The molecule has 0 aromatic heterocycles. The van der Waals surface area contributed by atoms with Crippen molar-refractivity contribution in [3.8, 4) is 0 Å². The van der Waals surface area contributed by atoms with Crippen molar-refractivity contribution in [3.63, 3.8) is 0 Å². The van der Waals surface area contributed by atoms with Crippen molar-refractivity contribution in [1.82, 2.24) is 0 Å². The molecule has 3 heteroatoms. The number of nitrogens with zero attached hydrogens (tertiary/aromatic N) is 1. The summed E-state index contributed by atoms with van der Waals surface area (Å²) in [5.41, 5.74) is 0.530. The SMILES string of the molecule is C=CC(C)c1c(N(CC)CC)c(=O)c1=O. The average molecular weight is 207 g/mol. The molecule has 0 bridgehead atoms. The lowest BCUT2D eigenvalue weighted by Gasteiger charge is -2.26. The Kier molecular flexibility index (Phi) is 3.45. The third-order valence-corrected chi connectivity index (χ3v) is 2.81. The van der Waals surface area contributed by atoms with Crippen molar-refractivity contribution >= 4 is 5.69 Å². The van der Waals surface area contributed by atoms with Gasteiger partial charge in [-0.3, -0.25) is 9.59 Å². The maximum atomic E-state index is 11.5. The zero-order valence-electron chi connectivity index (χ0n) is 9.54. The quantitative estimate of drug-likeness (QED) is 0.541. The van der Waals surface area contributed by atoms with Crippen LogP contribution in [0.2, 0.25) is 0 Å². The van der Waals surface area contributed by atoms with E-state index in [4.69, 9.17) is 0 Å². The standard InChI is InChI=1S/C12H17NO2/c1-5-8(4)9-10(12(15)11(9)14)13(6-2)7-3/h5,8H,1,6-7H2,2-4H3. The van der Waals surface area contributed by atoms with E-state index >= 15 is 0 Å². The maximum Gasteiger partial charge on any atom is 0.249 e. The average Bonchev–Trinajstić information content (AvgIpc) is 2.27. The first-order valence-electron chi connectivity index (χ1n) is 5.29. The van der Waals surface area contributed by atoms with E-state index in [0.717, 1.165) is 13.1 Å². The van der Waals surface area contributed by atoms with Gasteiger partial charge in [0.1, 0.15) is 0 Å². The lowest BCUT2D eigenvalue weighted by Crippen LogP contribution is -2.44. The fourth-order valence-corrected chi connectivity index (χ4v) is 1.79. The Bertz CT molecular complexity index is 423. The van der Waals surface area contributed by atoms with Crippen molar-refractivity contribution in [1.29, 1.82) is 0 Å². The highest BCUT2D eigenvalue weighted by Crippen LogP contribution is 2.23. The van der Waals surface area contributed by atoms with E-state index in [1.165, 1.54) is 0 Å². The smallest absolute Gasteiger partial charge is 0.249 e. The summed E-state index contributed by atoms with van der Waals surface area (Å²) in [4.78, 5) is 24.8. The normalized spacial score (nSPS) is 12.7. The van der Waals surface area contributed by atoms with Crippen LogP contribution in [0.15, 0.2) is 22.2 Å². The third-order valence-electron chi connectivity index (χ3n) is 2.81. The van der Waals surface area contributed by atoms with Crippen LogP contribution in [0.5, 0.6) is 0 Å². The topological polar surface area (TPSA) is 37.4 Å². The van der Waals surface area contributed by atoms with Gasteiger partial charge in [-0.1, -0.05) is 13.0 Å². The van der Waals surface area contributed by atoms with Crippen molar-refractivity contribution in [2.24, 2.45) is 0 Å². The minimum absolute atomic E-state index is 0.0363. The van der Waals surface area contributed by atoms with Gasteiger partial charge in [-0.05, 0) is 13.8 Å². The molecule has 0 spiro atoms. The summed E-state index contributed by atoms with van der Waals surface area (Å²) in [7, 11) is 0. The van der Waals surface area contributed by atoms with E-state index in [-0.39, 0.29) is 16.8 Å². The van der Waals surface area contributed by atoms with Crippen LogP contribution >= 0.6 is 0 Å². The van der Waals surface area contributed by atoms with Crippen LogP contribution in [0.4, 0.5) is 5.69 Å². The first-order valence-corrected chi connectivity index (χ1v) is 5.29. The first kappa shape index (κ1) is 11.7. The molecule has 0 radical (unpaired) electrons. The van der Waals surface area contributed by atoms with Crippen LogP contribution in [-0.4, -0.2) is 13.1 Å². The molecule has 0 aliphatic rings. The molecule has 0 aliphatic heterocycles. The van der Waals surface area contributed by atoms with E-state index < -0.39 is 0 Å². The van der Waals surface area contributed by atoms with E-state index in [1.807, 2.05) is 25.7 Å². The molecule has 1 aromatic carbocycles. The van der Waals surface area contributed by atoms with Crippen LogP contribution in [0.1, 0.15) is 32.3 Å². The van der Waals surface area contributed by atoms with E-state index in [1.54, 1.807) is 6.08 Å².